The van der Waals surface area contributed by atoms with E-state index in [1.165, 1.54) is 6.33 Å². The van der Waals surface area contributed by atoms with E-state index in [0.29, 0.717) is 13.0 Å². The summed E-state index contributed by atoms with van der Waals surface area (Å²) in [5.74, 6) is -0.0451. The molecule has 0 spiro atoms. The molecule has 0 atom stereocenters. The number of H-pyrrole nitrogens is 1. The Morgan fingerprint density at radius 3 is 3.16 bits per heavy atom. The second kappa shape index (κ2) is 4.89. The second-order valence-corrected chi connectivity index (χ2v) is 4.04. The average molecular weight is 256 g/mol. The van der Waals surface area contributed by atoms with Crippen molar-refractivity contribution in [1.82, 2.24) is 29.9 Å². The second-order valence-electron chi connectivity index (χ2n) is 4.04. The maximum atomic E-state index is 11.6. The molecule has 0 fully saturated rings. The maximum Gasteiger partial charge on any atom is 0.288 e. The number of carbonyl (C=O) groups excluding carboxylic acids is 1. The van der Waals surface area contributed by atoms with Gasteiger partial charge in [0.2, 0.25) is 5.82 Å². The summed E-state index contributed by atoms with van der Waals surface area (Å²) in [5.41, 5.74) is 1.84. The molecule has 3 aromatic rings. The monoisotopic (exact) mass is 256 g/mol. The largest absolute Gasteiger partial charge is 0.349 e. The molecule has 0 aliphatic rings. The Morgan fingerprint density at radius 1 is 1.42 bits per heavy atom. The van der Waals surface area contributed by atoms with Crippen LogP contribution in [0.4, 0.5) is 0 Å². The molecule has 0 unspecified atom stereocenters. The Kier molecular flexibility index (Phi) is 2.93. The number of aromatic amines is 1. The molecule has 7 heteroatoms. The molecular formula is C12H12N6O. The number of nitrogens with one attached hydrogen (secondary N) is 2. The van der Waals surface area contributed by atoms with Crippen LogP contribution < -0.4 is 5.32 Å². The van der Waals surface area contributed by atoms with Crippen molar-refractivity contribution in [2.24, 2.45) is 0 Å². The molecular weight excluding hydrogens is 244 g/mol. The van der Waals surface area contributed by atoms with Crippen LogP contribution in [0.15, 0.2) is 36.9 Å². The van der Waals surface area contributed by atoms with Gasteiger partial charge in [0.15, 0.2) is 0 Å². The number of fused-ring (bicyclic) bond motifs is 1. The van der Waals surface area contributed by atoms with Crippen LogP contribution >= 0.6 is 0 Å². The molecule has 0 aromatic carbocycles. The third-order valence-electron chi connectivity index (χ3n) is 2.71. The first kappa shape index (κ1) is 11.4. The molecule has 2 N–H and O–H groups in total. The van der Waals surface area contributed by atoms with Gasteiger partial charge >= 0.3 is 0 Å². The average Bonchev–Trinajstić information content (AvgIpc) is 3.07. The molecule has 0 saturated carbocycles. The van der Waals surface area contributed by atoms with Gasteiger partial charge in [-0.15, -0.1) is 0 Å². The molecule has 0 aliphatic carbocycles. The molecule has 0 bridgehead atoms. The number of carbonyl (C=O) groups is 1. The van der Waals surface area contributed by atoms with Gasteiger partial charge in [-0.1, -0.05) is 6.07 Å². The number of aromatic nitrogens is 5. The van der Waals surface area contributed by atoms with Gasteiger partial charge in [0.05, 0.1) is 5.69 Å². The van der Waals surface area contributed by atoms with E-state index in [9.17, 15) is 4.79 Å². The minimum absolute atomic E-state index is 0.218. The first-order valence-corrected chi connectivity index (χ1v) is 5.89. The molecule has 0 radical (unpaired) electrons. The highest BCUT2D eigenvalue weighted by molar-refractivity contribution is 5.90. The lowest BCUT2D eigenvalue weighted by Crippen LogP contribution is -2.26. The summed E-state index contributed by atoms with van der Waals surface area (Å²) in [4.78, 5) is 19.8. The topological polar surface area (TPSA) is 88.0 Å². The van der Waals surface area contributed by atoms with Crippen LogP contribution in [0.25, 0.3) is 5.65 Å². The van der Waals surface area contributed by atoms with Crippen molar-refractivity contribution in [2.75, 3.05) is 6.54 Å². The van der Waals surface area contributed by atoms with Crippen molar-refractivity contribution in [2.45, 2.75) is 6.42 Å². The molecule has 3 rings (SSSR count). The molecule has 0 saturated heterocycles. The summed E-state index contributed by atoms with van der Waals surface area (Å²) in [6, 6.07) is 5.83. The fraction of sp³-hybridized carbons (Fsp3) is 0.167. The number of rotatable bonds is 4. The van der Waals surface area contributed by atoms with E-state index in [-0.39, 0.29) is 11.7 Å². The lowest BCUT2D eigenvalue weighted by Gasteiger charge is -2.00. The molecule has 7 nitrogen and oxygen atoms in total. The van der Waals surface area contributed by atoms with Crippen molar-refractivity contribution in [3.05, 3.63) is 48.4 Å². The minimum Gasteiger partial charge on any atom is -0.349 e. The lowest BCUT2D eigenvalue weighted by atomic mass is 10.3. The van der Waals surface area contributed by atoms with Crippen LogP contribution in [-0.2, 0) is 6.42 Å². The van der Waals surface area contributed by atoms with Gasteiger partial charge in [-0.3, -0.25) is 9.89 Å². The third kappa shape index (κ3) is 2.44. The van der Waals surface area contributed by atoms with Gasteiger partial charge in [-0.2, -0.15) is 5.10 Å². The fourth-order valence-corrected chi connectivity index (χ4v) is 1.81. The molecule has 1 amide bonds. The van der Waals surface area contributed by atoms with Gasteiger partial charge in [0.1, 0.15) is 12.0 Å². The fourth-order valence-electron chi connectivity index (χ4n) is 1.81. The maximum absolute atomic E-state index is 11.6. The van der Waals surface area contributed by atoms with Gasteiger partial charge < -0.3 is 9.72 Å². The first-order valence-electron chi connectivity index (χ1n) is 5.89. The van der Waals surface area contributed by atoms with Gasteiger partial charge in [-0.05, 0) is 12.1 Å². The highest BCUT2D eigenvalue weighted by Gasteiger charge is 2.08. The van der Waals surface area contributed by atoms with Crippen LogP contribution in [0.5, 0.6) is 0 Å². The van der Waals surface area contributed by atoms with Crippen LogP contribution in [0.1, 0.15) is 16.3 Å². The van der Waals surface area contributed by atoms with E-state index >= 15 is 0 Å². The number of hydrogen-bond acceptors (Lipinski definition) is 4. The Balaban J connectivity index is 1.59. The van der Waals surface area contributed by atoms with E-state index < -0.39 is 0 Å². The summed E-state index contributed by atoms with van der Waals surface area (Å²) >= 11 is 0. The highest BCUT2D eigenvalue weighted by Crippen LogP contribution is 2.04. The van der Waals surface area contributed by atoms with Gasteiger partial charge in [0.25, 0.3) is 5.91 Å². The van der Waals surface area contributed by atoms with Crippen molar-refractivity contribution in [3.8, 4) is 0 Å². The van der Waals surface area contributed by atoms with Gasteiger partial charge in [0, 0.05) is 25.4 Å². The van der Waals surface area contributed by atoms with Crippen LogP contribution in [-0.4, -0.2) is 37.0 Å². The van der Waals surface area contributed by atoms with Crippen LogP contribution in [0.2, 0.25) is 0 Å². The zero-order valence-electron chi connectivity index (χ0n) is 10.1. The number of nitrogens with zero attached hydrogens (tertiary/aromatic N) is 4. The predicted octanol–water partition coefficient (Wildman–Crippen LogP) is 0.425. The van der Waals surface area contributed by atoms with Crippen molar-refractivity contribution >= 4 is 11.6 Å². The molecule has 19 heavy (non-hydrogen) atoms. The molecule has 3 heterocycles. The number of hydrogen-bond donors (Lipinski definition) is 2. The summed E-state index contributed by atoms with van der Waals surface area (Å²) in [7, 11) is 0. The van der Waals surface area contributed by atoms with Crippen molar-refractivity contribution in [3.63, 3.8) is 0 Å². The summed E-state index contributed by atoms with van der Waals surface area (Å²) in [6.07, 6.45) is 5.87. The quantitative estimate of drug-likeness (QED) is 0.708. The lowest BCUT2D eigenvalue weighted by molar-refractivity contribution is 0.0944. The van der Waals surface area contributed by atoms with Crippen molar-refractivity contribution in [1.29, 1.82) is 0 Å². The van der Waals surface area contributed by atoms with E-state index in [1.807, 2.05) is 35.0 Å². The molecule has 96 valence electrons. The van der Waals surface area contributed by atoms with E-state index in [0.717, 1.165) is 11.3 Å². The Labute approximate surface area is 108 Å². The number of amides is 1. The predicted molar refractivity (Wildman–Crippen MR) is 67.6 cm³/mol. The SMILES string of the molecule is O=C(NCCc1cn2ccccc2n1)c1ncn[nH]1. The smallest absolute Gasteiger partial charge is 0.288 e. The van der Waals surface area contributed by atoms with E-state index in [4.69, 9.17) is 0 Å². The van der Waals surface area contributed by atoms with E-state index in [2.05, 4.69) is 25.5 Å². The Hall–Kier alpha value is -2.70. The summed E-state index contributed by atoms with van der Waals surface area (Å²) in [5, 5.41) is 8.90. The third-order valence-corrected chi connectivity index (χ3v) is 2.71. The van der Waals surface area contributed by atoms with E-state index in [1.54, 1.807) is 0 Å². The zero-order valence-corrected chi connectivity index (χ0v) is 10.1. The van der Waals surface area contributed by atoms with Crippen molar-refractivity contribution < 1.29 is 4.79 Å². The normalized spacial score (nSPS) is 10.7. The standard InChI is InChI=1S/C12H12N6O/c19-12(11-14-8-15-17-11)13-5-4-9-7-18-6-2-1-3-10(18)16-9/h1-3,6-8H,4-5H2,(H,13,19)(H,14,15,17). The molecule has 3 aromatic heterocycles. The number of pyridine rings is 1. The first-order chi connectivity index (χ1) is 9.33. The Bertz CT molecular complexity index is 654. The Morgan fingerprint density at radius 2 is 2.37 bits per heavy atom. The van der Waals surface area contributed by atoms with Crippen LogP contribution in [0, 0.1) is 0 Å². The summed E-state index contributed by atoms with van der Waals surface area (Å²) in [6.45, 7) is 0.503. The molecule has 0 aliphatic heterocycles. The zero-order chi connectivity index (χ0) is 13.1. The van der Waals surface area contributed by atoms with Gasteiger partial charge in [-0.25, -0.2) is 9.97 Å². The van der Waals surface area contributed by atoms with Crippen LogP contribution in [0.3, 0.4) is 0 Å². The minimum atomic E-state index is -0.263. The summed E-state index contributed by atoms with van der Waals surface area (Å²) < 4.78 is 1.95. The number of imidazole rings is 1. The highest BCUT2D eigenvalue weighted by atomic mass is 16.2.